The maximum absolute atomic E-state index is 11.9. The zero-order valence-corrected chi connectivity index (χ0v) is 9.61. The molecule has 1 amide bonds. The van der Waals surface area contributed by atoms with Crippen molar-refractivity contribution in [2.24, 2.45) is 0 Å². The summed E-state index contributed by atoms with van der Waals surface area (Å²) in [6.07, 6.45) is 0. The van der Waals surface area contributed by atoms with Gasteiger partial charge in [0.05, 0.1) is 5.56 Å². The van der Waals surface area contributed by atoms with Crippen molar-refractivity contribution in [1.29, 1.82) is 0 Å². The molecule has 0 aromatic heterocycles. The van der Waals surface area contributed by atoms with Crippen LogP contribution < -0.4 is 10.1 Å². The minimum Gasteiger partial charge on any atom is -0.490 e. The molecule has 1 atom stereocenters. The predicted octanol–water partition coefficient (Wildman–Crippen LogP) is 0.879. The molecule has 1 heterocycles. The second kappa shape index (κ2) is 4.08. The number of carbonyl (C=O) groups excluding carboxylic acids is 1. The summed E-state index contributed by atoms with van der Waals surface area (Å²) >= 11 is 0. The highest BCUT2D eigenvalue weighted by molar-refractivity contribution is 6.00. The second-order valence-electron chi connectivity index (χ2n) is 4.13. The van der Waals surface area contributed by atoms with Gasteiger partial charge in [0.25, 0.3) is 5.91 Å². The number of nitrogens with one attached hydrogen (secondary N) is 1. The van der Waals surface area contributed by atoms with Gasteiger partial charge in [-0.25, -0.2) is 4.79 Å². The molecule has 17 heavy (non-hydrogen) atoms. The molecule has 90 valence electrons. The summed E-state index contributed by atoms with van der Waals surface area (Å²) in [5, 5.41) is 11.3. The maximum Gasteiger partial charge on any atom is 0.329 e. The molecule has 0 saturated heterocycles. The molecule has 1 aromatic rings. The quantitative estimate of drug-likeness (QED) is 0.757. The Bertz CT molecular complexity index is 496. The third kappa shape index (κ3) is 2.08. The van der Waals surface area contributed by atoms with Gasteiger partial charge in [-0.05, 0) is 31.0 Å². The maximum atomic E-state index is 11.9. The molecule has 1 unspecified atom stereocenters. The highest BCUT2D eigenvalue weighted by atomic mass is 16.5. The van der Waals surface area contributed by atoms with Crippen LogP contribution in [-0.4, -0.2) is 29.6 Å². The molecule has 0 saturated carbocycles. The molecule has 5 heteroatoms. The van der Waals surface area contributed by atoms with E-state index in [1.165, 1.54) is 0 Å². The van der Waals surface area contributed by atoms with E-state index in [2.05, 4.69) is 5.32 Å². The Hall–Kier alpha value is -2.04. The lowest BCUT2D eigenvalue weighted by molar-refractivity contribution is -0.139. The minimum absolute atomic E-state index is 0.0576. The topological polar surface area (TPSA) is 75.6 Å². The normalized spacial score (nSPS) is 18.7. The second-order valence-corrected chi connectivity index (χ2v) is 4.13. The van der Waals surface area contributed by atoms with Crippen LogP contribution >= 0.6 is 0 Å². The molecule has 0 spiro atoms. The van der Waals surface area contributed by atoms with E-state index in [0.29, 0.717) is 11.3 Å². The molecule has 0 bridgehead atoms. The molecular weight excluding hydrogens is 222 g/mol. The summed E-state index contributed by atoms with van der Waals surface area (Å²) < 4.78 is 5.41. The van der Waals surface area contributed by atoms with E-state index in [1.54, 1.807) is 6.07 Å². The van der Waals surface area contributed by atoms with E-state index in [4.69, 9.17) is 9.84 Å². The van der Waals surface area contributed by atoms with Gasteiger partial charge >= 0.3 is 5.97 Å². The summed E-state index contributed by atoms with van der Waals surface area (Å²) in [7, 11) is 0. The first-order chi connectivity index (χ1) is 7.99. The summed E-state index contributed by atoms with van der Waals surface area (Å²) in [5.41, 5.74) is 2.17. The molecule has 2 rings (SSSR count). The van der Waals surface area contributed by atoms with Crippen LogP contribution in [0.1, 0.15) is 21.5 Å². The van der Waals surface area contributed by atoms with Gasteiger partial charge in [0, 0.05) is 0 Å². The number of rotatable bonds is 1. The van der Waals surface area contributed by atoms with E-state index in [0.717, 1.165) is 11.1 Å². The van der Waals surface area contributed by atoms with E-state index in [1.807, 2.05) is 19.9 Å². The SMILES string of the molecule is Cc1cc(C)c2c(c1)C(=O)NC(C(=O)O)CO2. The highest BCUT2D eigenvalue weighted by Gasteiger charge is 2.28. The van der Waals surface area contributed by atoms with E-state index >= 15 is 0 Å². The lowest BCUT2D eigenvalue weighted by Crippen LogP contribution is -2.42. The first-order valence-electron chi connectivity index (χ1n) is 5.26. The van der Waals surface area contributed by atoms with Crippen LogP contribution in [0.4, 0.5) is 0 Å². The number of carboxylic acids is 1. The van der Waals surface area contributed by atoms with Crippen molar-refractivity contribution in [3.05, 3.63) is 28.8 Å². The predicted molar refractivity (Wildman–Crippen MR) is 60.3 cm³/mol. The molecular formula is C12H13NO4. The van der Waals surface area contributed by atoms with Crippen molar-refractivity contribution in [2.45, 2.75) is 19.9 Å². The number of ether oxygens (including phenoxy) is 1. The fraction of sp³-hybridized carbons (Fsp3) is 0.333. The summed E-state index contributed by atoms with van der Waals surface area (Å²) in [6.45, 7) is 3.65. The Kier molecular flexibility index (Phi) is 2.75. The van der Waals surface area contributed by atoms with Gasteiger partial charge in [0.1, 0.15) is 12.4 Å². The number of hydrogen-bond acceptors (Lipinski definition) is 3. The van der Waals surface area contributed by atoms with Crippen molar-refractivity contribution in [1.82, 2.24) is 5.32 Å². The molecule has 0 radical (unpaired) electrons. The van der Waals surface area contributed by atoms with Crippen molar-refractivity contribution in [3.63, 3.8) is 0 Å². The summed E-state index contributed by atoms with van der Waals surface area (Å²) in [4.78, 5) is 22.7. The van der Waals surface area contributed by atoms with Gasteiger partial charge < -0.3 is 15.2 Å². The number of hydrogen-bond donors (Lipinski definition) is 2. The van der Waals surface area contributed by atoms with Crippen LogP contribution in [0.2, 0.25) is 0 Å². The Morgan fingerprint density at radius 2 is 2.18 bits per heavy atom. The minimum atomic E-state index is -1.10. The average molecular weight is 235 g/mol. The number of carboxylic acid groups (broad SMARTS) is 1. The van der Waals surface area contributed by atoms with Gasteiger partial charge in [-0.1, -0.05) is 6.07 Å². The Morgan fingerprint density at radius 1 is 1.47 bits per heavy atom. The van der Waals surface area contributed by atoms with Gasteiger partial charge in [0.15, 0.2) is 6.04 Å². The number of carbonyl (C=O) groups is 2. The standard InChI is InChI=1S/C12H13NO4/c1-6-3-7(2)10-8(4-6)11(14)13-9(5-17-10)12(15)16/h3-4,9H,5H2,1-2H3,(H,13,14)(H,15,16). The van der Waals surface area contributed by atoms with Gasteiger partial charge in [-0.15, -0.1) is 0 Å². The van der Waals surface area contributed by atoms with Crippen molar-refractivity contribution in [3.8, 4) is 5.75 Å². The summed E-state index contributed by atoms with van der Waals surface area (Å²) in [5.74, 6) is -1.03. The van der Waals surface area contributed by atoms with E-state index in [-0.39, 0.29) is 6.61 Å². The third-order valence-corrected chi connectivity index (χ3v) is 2.66. The monoisotopic (exact) mass is 235 g/mol. The number of benzene rings is 1. The molecule has 1 aromatic carbocycles. The molecule has 1 aliphatic rings. The van der Waals surface area contributed by atoms with Crippen LogP contribution in [0.3, 0.4) is 0 Å². The number of fused-ring (bicyclic) bond motifs is 1. The van der Waals surface area contributed by atoms with Crippen LogP contribution in [0, 0.1) is 13.8 Å². The Balaban J connectivity index is 2.44. The molecule has 0 aliphatic carbocycles. The summed E-state index contributed by atoms with van der Waals surface area (Å²) in [6, 6.07) is 2.59. The number of aliphatic carboxylic acids is 1. The number of aryl methyl sites for hydroxylation is 2. The fourth-order valence-electron chi connectivity index (χ4n) is 1.89. The van der Waals surface area contributed by atoms with E-state index in [9.17, 15) is 9.59 Å². The fourth-order valence-corrected chi connectivity index (χ4v) is 1.89. The largest absolute Gasteiger partial charge is 0.490 e. The molecule has 0 fully saturated rings. The van der Waals surface area contributed by atoms with Crippen LogP contribution in [0.25, 0.3) is 0 Å². The molecule has 2 N–H and O–H groups in total. The Morgan fingerprint density at radius 3 is 2.82 bits per heavy atom. The smallest absolute Gasteiger partial charge is 0.329 e. The van der Waals surface area contributed by atoms with Crippen LogP contribution in [0.5, 0.6) is 5.75 Å². The third-order valence-electron chi connectivity index (χ3n) is 2.66. The molecule has 5 nitrogen and oxygen atoms in total. The lowest BCUT2D eigenvalue weighted by Gasteiger charge is -2.10. The van der Waals surface area contributed by atoms with Gasteiger partial charge in [0.2, 0.25) is 0 Å². The zero-order valence-electron chi connectivity index (χ0n) is 9.61. The first kappa shape index (κ1) is 11.4. The van der Waals surface area contributed by atoms with Crippen molar-refractivity contribution >= 4 is 11.9 Å². The van der Waals surface area contributed by atoms with E-state index < -0.39 is 17.9 Å². The zero-order chi connectivity index (χ0) is 12.6. The van der Waals surface area contributed by atoms with Crippen molar-refractivity contribution in [2.75, 3.05) is 6.61 Å². The molecule has 1 aliphatic heterocycles. The van der Waals surface area contributed by atoms with Crippen LogP contribution in [-0.2, 0) is 4.79 Å². The lowest BCUT2D eigenvalue weighted by atomic mass is 10.1. The van der Waals surface area contributed by atoms with Gasteiger partial charge in [-0.3, -0.25) is 4.79 Å². The van der Waals surface area contributed by atoms with Gasteiger partial charge in [-0.2, -0.15) is 0 Å². The van der Waals surface area contributed by atoms with Crippen molar-refractivity contribution < 1.29 is 19.4 Å². The number of amides is 1. The highest BCUT2D eigenvalue weighted by Crippen LogP contribution is 2.27. The average Bonchev–Trinajstić information content (AvgIpc) is 2.39. The Labute approximate surface area is 98.4 Å². The first-order valence-corrected chi connectivity index (χ1v) is 5.26. The van der Waals surface area contributed by atoms with Crippen LogP contribution in [0.15, 0.2) is 12.1 Å².